The summed E-state index contributed by atoms with van der Waals surface area (Å²) in [5.41, 5.74) is 0. The number of nitrogens with zero attached hydrogens (tertiary/aromatic N) is 1. The molecule has 0 aromatic carbocycles. The van der Waals surface area contributed by atoms with Crippen LogP contribution in [-0.2, 0) is 9.84 Å². The van der Waals surface area contributed by atoms with Gasteiger partial charge < -0.3 is 10.2 Å². The van der Waals surface area contributed by atoms with E-state index in [9.17, 15) is 13.5 Å². The molecule has 5 nitrogen and oxygen atoms in total. The Bertz CT molecular complexity index is 264. The molecule has 2 N–H and O–H groups in total. The van der Waals surface area contributed by atoms with Gasteiger partial charge in [0.05, 0.1) is 30.3 Å². The quantitative estimate of drug-likeness (QED) is 0.566. The molecule has 78 valence electrons. The second-order valence-corrected chi connectivity index (χ2v) is 5.57. The lowest BCUT2D eigenvalue weighted by Crippen LogP contribution is -2.41. The fourth-order valence-corrected chi connectivity index (χ4v) is 3.43. The van der Waals surface area contributed by atoms with Gasteiger partial charge in [0.15, 0.2) is 9.84 Å². The molecule has 0 radical (unpaired) electrons. The fraction of sp³-hybridized carbons (Fsp3) is 1.00. The molecular weight excluding hydrogens is 194 g/mol. The highest BCUT2D eigenvalue weighted by atomic mass is 32.2. The van der Waals surface area contributed by atoms with E-state index in [2.05, 4.69) is 0 Å². The van der Waals surface area contributed by atoms with Crippen molar-refractivity contribution in [2.45, 2.75) is 12.1 Å². The first-order valence-corrected chi connectivity index (χ1v) is 5.98. The Hall–Kier alpha value is -0.170. The number of hydrogen-bond donors (Lipinski definition) is 2. The van der Waals surface area contributed by atoms with Crippen LogP contribution in [0, 0.1) is 0 Å². The summed E-state index contributed by atoms with van der Waals surface area (Å²) in [5, 5.41) is 18.1. The van der Waals surface area contributed by atoms with E-state index in [0.29, 0.717) is 6.54 Å². The molecule has 2 atom stereocenters. The predicted octanol–water partition coefficient (Wildman–Crippen LogP) is -1.93. The minimum atomic E-state index is -3.08. The van der Waals surface area contributed by atoms with E-state index in [1.807, 2.05) is 0 Å². The standard InChI is InChI=1S/C7H15NO4S/c1-8(2-3-9)6-4-13(11,12)5-7(6)10/h6-7,9-10H,2-5H2,1H3. The molecule has 6 heteroatoms. The maximum atomic E-state index is 11.1. The highest BCUT2D eigenvalue weighted by Gasteiger charge is 2.38. The van der Waals surface area contributed by atoms with E-state index in [-0.39, 0.29) is 24.2 Å². The third-order valence-corrected chi connectivity index (χ3v) is 4.01. The molecule has 1 aliphatic rings. The summed E-state index contributed by atoms with van der Waals surface area (Å²) in [7, 11) is -1.38. The minimum Gasteiger partial charge on any atom is -0.395 e. The number of sulfone groups is 1. The average Bonchev–Trinajstić information content (AvgIpc) is 2.25. The van der Waals surface area contributed by atoms with Gasteiger partial charge in [-0.3, -0.25) is 4.90 Å². The molecule has 0 spiro atoms. The summed E-state index contributed by atoms with van der Waals surface area (Å²) < 4.78 is 22.2. The molecule has 1 heterocycles. The number of likely N-dealkylation sites (N-methyl/N-ethyl adjacent to an activating group) is 1. The van der Waals surface area contributed by atoms with E-state index in [1.165, 1.54) is 0 Å². The van der Waals surface area contributed by atoms with E-state index in [1.54, 1.807) is 11.9 Å². The first-order chi connectivity index (χ1) is 5.96. The lowest BCUT2D eigenvalue weighted by atomic mass is 10.2. The predicted molar refractivity (Wildman–Crippen MR) is 48.2 cm³/mol. The molecule has 1 saturated heterocycles. The summed E-state index contributed by atoms with van der Waals surface area (Å²) in [6.45, 7) is 0.358. The molecule has 13 heavy (non-hydrogen) atoms. The van der Waals surface area contributed by atoms with Crippen LogP contribution < -0.4 is 0 Å². The molecule has 0 saturated carbocycles. The SMILES string of the molecule is CN(CCO)C1CS(=O)(=O)CC1O. The third-order valence-electron chi connectivity index (χ3n) is 2.31. The largest absolute Gasteiger partial charge is 0.395 e. The van der Waals surface area contributed by atoms with Gasteiger partial charge >= 0.3 is 0 Å². The van der Waals surface area contributed by atoms with Crippen molar-refractivity contribution in [2.75, 3.05) is 31.7 Å². The van der Waals surface area contributed by atoms with Gasteiger partial charge in [-0.15, -0.1) is 0 Å². The second-order valence-electron chi connectivity index (χ2n) is 3.42. The van der Waals surface area contributed by atoms with Crippen molar-refractivity contribution in [2.24, 2.45) is 0 Å². The maximum Gasteiger partial charge on any atom is 0.154 e. The number of aliphatic hydroxyl groups excluding tert-OH is 2. The van der Waals surface area contributed by atoms with Gasteiger partial charge in [-0.05, 0) is 7.05 Å². The Morgan fingerprint density at radius 1 is 1.46 bits per heavy atom. The van der Waals surface area contributed by atoms with Gasteiger partial charge in [-0.1, -0.05) is 0 Å². The summed E-state index contributed by atoms with van der Waals surface area (Å²) in [5.74, 6) is -0.169. The topological polar surface area (TPSA) is 77.8 Å². The van der Waals surface area contributed by atoms with Crippen LogP contribution in [0.25, 0.3) is 0 Å². The Balaban J connectivity index is 2.62. The van der Waals surface area contributed by atoms with Gasteiger partial charge in [0.2, 0.25) is 0 Å². The van der Waals surface area contributed by atoms with Gasteiger partial charge in [-0.25, -0.2) is 8.42 Å². The van der Waals surface area contributed by atoms with Crippen molar-refractivity contribution in [1.29, 1.82) is 0 Å². The van der Waals surface area contributed by atoms with Gasteiger partial charge in [0.25, 0.3) is 0 Å². The molecular formula is C7H15NO4S. The summed E-state index contributed by atoms with van der Waals surface area (Å²) in [6.07, 6.45) is -0.818. The van der Waals surface area contributed by atoms with Crippen molar-refractivity contribution >= 4 is 9.84 Å². The number of rotatable bonds is 3. The Morgan fingerprint density at radius 3 is 2.46 bits per heavy atom. The molecule has 0 aromatic rings. The van der Waals surface area contributed by atoms with Gasteiger partial charge in [-0.2, -0.15) is 0 Å². The molecule has 1 rings (SSSR count). The highest BCUT2D eigenvalue weighted by molar-refractivity contribution is 7.91. The van der Waals surface area contributed by atoms with Crippen LogP contribution in [0.2, 0.25) is 0 Å². The van der Waals surface area contributed by atoms with E-state index in [4.69, 9.17) is 5.11 Å². The normalized spacial score (nSPS) is 32.6. The van der Waals surface area contributed by atoms with E-state index >= 15 is 0 Å². The van der Waals surface area contributed by atoms with Gasteiger partial charge in [0.1, 0.15) is 0 Å². The van der Waals surface area contributed by atoms with Crippen LogP contribution in [0.5, 0.6) is 0 Å². The third kappa shape index (κ3) is 2.63. The lowest BCUT2D eigenvalue weighted by molar-refractivity contribution is 0.0877. The monoisotopic (exact) mass is 209 g/mol. The first-order valence-electron chi connectivity index (χ1n) is 4.16. The zero-order chi connectivity index (χ0) is 10.1. The first kappa shape index (κ1) is 10.9. The van der Waals surface area contributed by atoms with Crippen molar-refractivity contribution in [1.82, 2.24) is 4.90 Å². The smallest absolute Gasteiger partial charge is 0.154 e. The summed E-state index contributed by atoms with van der Waals surface area (Å²) >= 11 is 0. The second kappa shape index (κ2) is 3.91. The Kier molecular flexibility index (Phi) is 3.28. The molecule has 1 fully saturated rings. The average molecular weight is 209 g/mol. The number of hydrogen-bond acceptors (Lipinski definition) is 5. The van der Waals surface area contributed by atoms with Crippen LogP contribution in [-0.4, -0.2) is 67.4 Å². The van der Waals surface area contributed by atoms with Crippen LogP contribution in [0.4, 0.5) is 0 Å². The van der Waals surface area contributed by atoms with E-state index < -0.39 is 15.9 Å². The molecule has 0 amide bonds. The van der Waals surface area contributed by atoms with Crippen LogP contribution in [0.3, 0.4) is 0 Å². The van der Waals surface area contributed by atoms with E-state index in [0.717, 1.165) is 0 Å². The van der Waals surface area contributed by atoms with Crippen LogP contribution in [0.15, 0.2) is 0 Å². The molecule has 0 aliphatic carbocycles. The highest BCUT2D eigenvalue weighted by Crippen LogP contribution is 2.16. The molecule has 0 bridgehead atoms. The fourth-order valence-electron chi connectivity index (χ4n) is 1.56. The summed E-state index contributed by atoms with van der Waals surface area (Å²) in [4.78, 5) is 1.68. The molecule has 2 unspecified atom stereocenters. The van der Waals surface area contributed by atoms with Gasteiger partial charge in [0, 0.05) is 6.54 Å². The van der Waals surface area contributed by atoms with Crippen molar-refractivity contribution in [3.63, 3.8) is 0 Å². The lowest BCUT2D eigenvalue weighted by Gasteiger charge is -2.24. The Labute approximate surface area is 77.9 Å². The minimum absolute atomic E-state index is 0.00926. The summed E-state index contributed by atoms with van der Waals surface area (Å²) in [6, 6.07) is -0.364. The number of aliphatic hydroxyl groups is 2. The molecule has 0 aromatic heterocycles. The van der Waals surface area contributed by atoms with Crippen LogP contribution >= 0.6 is 0 Å². The van der Waals surface area contributed by atoms with Crippen LogP contribution in [0.1, 0.15) is 0 Å². The maximum absolute atomic E-state index is 11.1. The zero-order valence-electron chi connectivity index (χ0n) is 7.55. The van der Waals surface area contributed by atoms with Crippen molar-refractivity contribution in [3.05, 3.63) is 0 Å². The van der Waals surface area contributed by atoms with Crippen molar-refractivity contribution < 1.29 is 18.6 Å². The zero-order valence-corrected chi connectivity index (χ0v) is 8.37. The molecule has 1 aliphatic heterocycles. The van der Waals surface area contributed by atoms with Crippen molar-refractivity contribution in [3.8, 4) is 0 Å². The Morgan fingerprint density at radius 2 is 2.08 bits per heavy atom.